The first-order chi connectivity index (χ1) is 9.36. The fourth-order valence-corrected chi connectivity index (χ4v) is 2.43. The van der Waals surface area contributed by atoms with E-state index < -0.39 is 0 Å². The number of nitrogens with one attached hydrogen (secondary N) is 1. The molecule has 1 aliphatic rings. The minimum atomic E-state index is 0.134. The molecule has 1 aliphatic heterocycles. The van der Waals surface area contributed by atoms with Crippen LogP contribution in [0.5, 0.6) is 0 Å². The van der Waals surface area contributed by atoms with Gasteiger partial charge in [-0.25, -0.2) is 0 Å². The average Bonchev–Trinajstić information content (AvgIpc) is 2.49. The molecule has 1 saturated heterocycles. The summed E-state index contributed by atoms with van der Waals surface area (Å²) in [4.78, 5) is 13.9. The first-order valence-corrected chi connectivity index (χ1v) is 6.52. The lowest BCUT2D eigenvalue weighted by Crippen LogP contribution is -2.48. The van der Waals surface area contributed by atoms with Crippen molar-refractivity contribution in [2.24, 2.45) is 0 Å². The van der Waals surface area contributed by atoms with Crippen molar-refractivity contribution in [3.63, 3.8) is 0 Å². The van der Waals surface area contributed by atoms with E-state index in [0.717, 1.165) is 29.9 Å². The van der Waals surface area contributed by atoms with Crippen LogP contribution >= 0.6 is 0 Å². The van der Waals surface area contributed by atoms with Crippen LogP contribution < -0.4 is 10.2 Å². The Morgan fingerprint density at radius 3 is 2.47 bits per heavy atom. The van der Waals surface area contributed by atoms with Crippen LogP contribution in [0.2, 0.25) is 0 Å². The standard InChI is InChI=1S/C16H16N2O/c19-16-12-17-10-11-18(16)15-9-5-4-8-14(15)13-6-2-1-3-7-13/h1-9,17H,10-12H2. The number of hydrogen-bond donors (Lipinski definition) is 1. The molecule has 96 valence electrons. The van der Waals surface area contributed by atoms with E-state index in [9.17, 15) is 4.79 Å². The summed E-state index contributed by atoms with van der Waals surface area (Å²) in [5, 5.41) is 3.10. The summed E-state index contributed by atoms with van der Waals surface area (Å²) >= 11 is 0. The predicted molar refractivity (Wildman–Crippen MR) is 77.1 cm³/mol. The van der Waals surface area contributed by atoms with E-state index in [1.165, 1.54) is 0 Å². The summed E-state index contributed by atoms with van der Waals surface area (Å²) in [5.74, 6) is 0.134. The number of carbonyl (C=O) groups excluding carboxylic acids is 1. The number of nitrogens with zero attached hydrogens (tertiary/aromatic N) is 1. The zero-order valence-electron chi connectivity index (χ0n) is 10.7. The summed E-state index contributed by atoms with van der Waals surface area (Å²) in [5.41, 5.74) is 3.25. The summed E-state index contributed by atoms with van der Waals surface area (Å²) < 4.78 is 0. The number of para-hydroxylation sites is 1. The minimum absolute atomic E-state index is 0.134. The molecule has 0 radical (unpaired) electrons. The van der Waals surface area contributed by atoms with Gasteiger partial charge < -0.3 is 10.2 Å². The number of piperazine rings is 1. The number of benzene rings is 2. The smallest absolute Gasteiger partial charge is 0.241 e. The van der Waals surface area contributed by atoms with Crippen LogP contribution in [0.4, 0.5) is 5.69 Å². The SMILES string of the molecule is O=C1CNCCN1c1ccccc1-c1ccccc1. The Kier molecular flexibility index (Phi) is 3.29. The lowest BCUT2D eigenvalue weighted by atomic mass is 10.0. The largest absolute Gasteiger partial charge is 0.309 e. The zero-order valence-corrected chi connectivity index (χ0v) is 10.7. The van der Waals surface area contributed by atoms with Gasteiger partial charge in [0.15, 0.2) is 0 Å². The number of carbonyl (C=O) groups is 1. The molecule has 0 aliphatic carbocycles. The van der Waals surface area contributed by atoms with Crippen LogP contribution in [0.1, 0.15) is 0 Å². The lowest BCUT2D eigenvalue weighted by molar-refractivity contribution is -0.118. The van der Waals surface area contributed by atoms with Gasteiger partial charge in [0.2, 0.25) is 5.91 Å². The Hall–Kier alpha value is -2.13. The van der Waals surface area contributed by atoms with Crippen molar-refractivity contribution >= 4 is 11.6 Å². The van der Waals surface area contributed by atoms with E-state index in [-0.39, 0.29) is 5.91 Å². The van der Waals surface area contributed by atoms with Crippen molar-refractivity contribution in [3.05, 3.63) is 54.6 Å². The summed E-state index contributed by atoms with van der Waals surface area (Å²) in [7, 11) is 0. The molecule has 1 fully saturated rings. The van der Waals surface area contributed by atoms with Crippen LogP contribution in [-0.4, -0.2) is 25.5 Å². The molecule has 1 heterocycles. The predicted octanol–water partition coefficient (Wildman–Crippen LogP) is 2.29. The Morgan fingerprint density at radius 1 is 0.947 bits per heavy atom. The van der Waals surface area contributed by atoms with Crippen LogP contribution in [0.15, 0.2) is 54.6 Å². The van der Waals surface area contributed by atoms with Crippen molar-refractivity contribution < 1.29 is 4.79 Å². The molecule has 2 aromatic rings. The van der Waals surface area contributed by atoms with Crippen molar-refractivity contribution in [2.75, 3.05) is 24.5 Å². The number of rotatable bonds is 2. The lowest BCUT2D eigenvalue weighted by Gasteiger charge is -2.29. The summed E-state index contributed by atoms with van der Waals surface area (Å²) in [6.07, 6.45) is 0. The van der Waals surface area contributed by atoms with Crippen LogP contribution in [0.25, 0.3) is 11.1 Å². The maximum absolute atomic E-state index is 12.0. The van der Waals surface area contributed by atoms with Crippen LogP contribution in [-0.2, 0) is 4.79 Å². The van der Waals surface area contributed by atoms with Gasteiger partial charge in [-0.3, -0.25) is 4.79 Å². The van der Waals surface area contributed by atoms with Crippen LogP contribution in [0, 0.1) is 0 Å². The van der Waals surface area contributed by atoms with E-state index >= 15 is 0 Å². The van der Waals surface area contributed by atoms with E-state index in [1.807, 2.05) is 41.3 Å². The average molecular weight is 252 g/mol. The van der Waals surface area contributed by atoms with Gasteiger partial charge in [0, 0.05) is 18.7 Å². The molecule has 0 aromatic heterocycles. The topological polar surface area (TPSA) is 32.3 Å². The van der Waals surface area contributed by atoms with Gasteiger partial charge in [0.05, 0.1) is 12.2 Å². The third-order valence-electron chi connectivity index (χ3n) is 3.37. The normalized spacial score (nSPS) is 15.6. The molecule has 0 atom stereocenters. The van der Waals surface area contributed by atoms with E-state index in [0.29, 0.717) is 6.54 Å². The molecule has 1 N–H and O–H groups in total. The summed E-state index contributed by atoms with van der Waals surface area (Å²) in [6, 6.07) is 18.3. The van der Waals surface area contributed by atoms with E-state index in [4.69, 9.17) is 0 Å². The Morgan fingerprint density at radius 2 is 1.68 bits per heavy atom. The van der Waals surface area contributed by atoms with E-state index in [2.05, 4.69) is 23.5 Å². The van der Waals surface area contributed by atoms with E-state index in [1.54, 1.807) is 0 Å². The van der Waals surface area contributed by atoms with Crippen molar-refractivity contribution in [1.82, 2.24) is 5.32 Å². The Bertz CT molecular complexity index is 580. The molecule has 0 unspecified atom stereocenters. The quantitative estimate of drug-likeness (QED) is 0.889. The van der Waals surface area contributed by atoms with Gasteiger partial charge in [0.25, 0.3) is 0 Å². The first kappa shape index (κ1) is 11.9. The summed E-state index contributed by atoms with van der Waals surface area (Å²) in [6.45, 7) is 1.99. The fourth-order valence-electron chi connectivity index (χ4n) is 2.43. The zero-order chi connectivity index (χ0) is 13.1. The fraction of sp³-hybridized carbons (Fsp3) is 0.188. The molecule has 0 saturated carbocycles. The number of amides is 1. The van der Waals surface area contributed by atoms with Crippen molar-refractivity contribution in [3.8, 4) is 11.1 Å². The highest BCUT2D eigenvalue weighted by Crippen LogP contribution is 2.30. The van der Waals surface area contributed by atoms with Gasteiger partial charge in [-0.05, 0) is 11.6 Å². The Labute approximate surface area is 112 Å². The maximum Gasteiger partial charge on any atom is 0.241 e. The molecular weight excluding hydrogens is 236 g/mol. The van der Waals surface area contributed by atoms with Crippen molar-refractivity contribution in [1.29, 1.82) is 0 Å². The molecule has 3 rings (SSSR count). The second kappa shape index (κ2) is 5.24. The Balaban J connectivity index is 2.04. The van der Waals surface area contributed by atoms with Gasteiger partial charge in [-0.15, -0.1) is 0 Å². The molecule has 0 bridgehead atoms. The van der Waals surface area contributed by atoms with Gasteiger partial charge in [-0.1, -0.05) is 48.5 Å². The number of hydrogen-bond acceptors (Lipinski definition) is 2. The molecule has 3 nitrogen and oxygen atoms in total. The third kappa shape index (κ3) is 2.37. The molecule has 19 heavy (non-hydrogen) atoms. The highest BCUT2D eigenvalue weighted by molar-refractivity contribution is 5.99. The molecule has 2 aromatic carbocycles. The van der Waals surface area contributed by atoms with Crippen LogP contribution in [0.3, 0.4) is 0 Å². The molecule has 1 amide bonds. The minimum Gasteiger partial charge on any atom is -0.309 e. The molecular formula is C16H16N2O. The third-order valence-corrected chi connectivity index (χ3v) is 3.37. The molecule has 3 heteroatoms. The van der Waals surface area contributed by atoms with Gasteiger partial charge in [-0.2, -0.15) is 0 Å². The van der Waals surface area contributed by atoms with Gasteiger partial charge >= 0.3 is 0 Å². The number of anilines is 1. The first-order valence-electron chi connectivity index (χ1n) is 6.52. The van der Waals surface area contributed by atoms with Gasteiger partial charge in [0.1, 0.15) is 0 Å². The second-order valence-corrected chi connectivity index (χ2v) is 4.61. The monoisotopic (exact) mass is 252 g/mol. The maximum atomic E-state index is 12.0. The highest BCUT2D eigenvalue weighted by Gasteiger charge is 2.21. The highest BCUT2D eigenvalue weighted by atomic mass is 16.2. The second-order valence-electron chi connectivity index (χ2n) is 4.61. The molecule has 0 spiro atoms. The van der Waals surface area contributed by atoms with Crippen molar-refractivity contribution in [2.45, 2.75) is 0 Å².